The number of Topliss-reactive ketones (excluding diaryl/α,β-unsaturated/α-hetero) is 1. The Bertz CT molecular complexity index is 1470. The van der Waals surface area contributed by atoms with Gasteiger partial charge in [-0.3, -0.25) is 9.10 Å². The second kappa shape index (κ2) is 9.70. The molecule has 0 aliphatic carbocycles. The van der Waals surface area contributed by atoms with E-state index in [1.165, 1.54) is 22.5 Å². The van der Waals surface area contributed by atoms with Gasteiger partial charge in [0.1, 0.15) is 0 Å². The molecule has 4 aromatic rings. The lowest BCUT2D eigenvalue weighted by Crippen LogP contribution is -2.31. The molecule has 0 fully saturated rings. The number of esters is 1. The standard InChI is InChI=1S/C25H21ClN2O5S/c1-2-28(17-8-4-3-5-9-17)34(31,32)18-12-13-22(26)20(14-18)25(30)33-16-24(29)21-15-27-23-11-7-6-10-19(21)23/h3-15,27H,2,16H2,1H3. The number of sulfonamides is 1. The summed E-state index contributed by atoms with van der Waals surface area (Å²) in [6.45, 7) is 1.39. The summed E-state index contributed by atoms with van der Waals surface area (Å²) in [4.78, 5) is 28.2. The molecule has 1 aromatic heterocycles. The van der Waals surface area contributed by atoms with Gasteiger partial charge in [0.25, 0.3) is 10.0 Å². The van der Waals surface area contributed by atoms with Crippen LogP contribution >= 0.6 is 11.6 Å². The van der Waals surface area contributed by atoms with E-state index in [1.807, 2.05) is 12.1 Å². The van der Waals surface area contributed by atoms with Crippen LogP contribution in [0.3, 0.4) is 0 Å². The van der Waals surface area contributed by atoms with Gasteiger partial charge in [0, 0.05) is 29.2 Å². The number of nitrogens with zero attached hydrogens (tertiary/aromatic N) is 1. The highest BCUT2D eigenvalue weighted by atomic mass is 35.5. The molecule has 0 saturated heterocycles. The first-order valence-corrected chi connectivity index (χ1v) is 12.3. The number of nitrogens with one attached hydrogen (secondary N) is 1. The molecule has 1 heterocycles. The summed E-state index contributed by atoms with van der Waals surface area (Å²) in [5, 5.41) is 0.737. The molecule has 0 spiro atoms. The molecule has 3 aromatic carbocycles. The Morgan fingerprint density at radius 3 is 2.41 bits per heavy atom. The molecule has 7 nitrogen and oxygen atoms in total. The van der Waals surface area contributed by atoms with Crippen LogP contribution in [0.2, 0.25) is 5.02 Å². The fraction of sp³-hybridized carbons (Fsp3) is 0.120. The molecule has 0 aliphatic heterocycles. The quantitative estimate of drug-likeness (QED) is 0.271. The van der Waals surface area contributed by atoms with Crippen molar-refractivity contribution in [2.75, 3.05) is 17.5 Å². The zero-order valence-electron chi connectivity index (χ0n) is 18.2. The second-order valence-electron chi connectivity index (χ2n) is 7.39. The number of anilines is 1. The van der Waals surface area contributed by atoms with Gasteiger partial charge in [0.15, 0.2) is 6.61 Å². The number of carbonyl (C=O) groups excluding carboxylic acids is 2. The lowest BCUT2D eigenvalue weighted by atomic mass is 10.1. The van der Waals surface area contributed by atoms with E-state index in [-0.39, 0.29) is 22.0 Å². The smallest absolute Gasteiger partial charge is 0.340 e. The summed E-state index contributed by atoms with van der Waals surface area (Å²) < 4.78 is 33.0. The van der Waals surface area contributed by atoms with Crippen LogP contribution in [0.5, 0.6) is 0 Å². The molecule has 4 rings (SSSR count). The molecule has 174 valence electrons. The predicted octanol–water partition coefficient (Wildman–Crippen LogP) is 5.08. The van der Waals surface area contributed by atoms with Crippen LogP contribution in [0.15, 0.2) is 83.9 Å². The molecule has 0 atom stereocenters. The van der Waals surface area contributed by atoms with Gasteiger partial charge < -0.3 is 9.72 Å². The summed E-state index contributed by atoms with van der Waals surface area (Å²) in [6, 6.07) is 19.7. The number of ketones is 1. The van der Waals surface area contributed by atoms with E-state index in [0.29, 0.717) is 11.3 Å². The van der Waals surface area contributed by atoms with E-state index < -0.39 is 28.4 Å². The molecule has 0 aliphatic rings. The molecule has 0 bridgehead atoms. The maximum atomic E-state index is 13.3. The van der Waals surface area contributed by atoms with Crippen LogP contribution in [0.1, 0.15) is 27.6 Å². The number of hydrogen-bond donors (Lipinski definition) is 1. The summed E-state index contributed by atoms with van der Waals surface area (Å²) in [6.07, 6.45) is 1.56. The lowest BCUT2D eigenvalue weighted by molar-refractivity contribution is 0.0475. The van der Waals surface area contributed by atoms with Gasteiger partial charge in [-0.1, -0.05) is 48.0 Å². The summed E-state index contributed by atoms with van der Waals surface area (Å²) in [7, 11) is -3.97. The average molecular weight is 497 g/mol. The number of para-hydroxylation sites is 2. The molecule has 9 heteroatoms. The molecule has 0 amide bonds. The molecule has 0 saturated carbocycles. The van der Waals surface area contributed by atoms with E-state index in [1.54, 1.807) is 55.6 Å². The van der Waals surface area contributed by atoms with Crippen molar-refractivity contribution in [3.8, 4) is 0 Å². The van der Waals surface area contributed by atoms with Crippen LogP contribution in [0.25, 0.3) is 10.9 Å². The van der Waals surface area contributed by atoms with Crippen LogP contribution < -0.4 is 4.31 Å². The number of carbonyl (C=O) groups is 2. The normalized spacial score (nSPS) is 11.4. The highest BCUT2D eigenvalue weighted by Crippen LogP contribution is 2.27. The SMILES string of the molecule is CCN(c1ccccc1)S(=O)(=O)c1ccc(Cl)c(C(=O)OCC(=O)c2c[nH]c3ccccc23)c1. The Labute approximate surface area is 202 Å². The van der Waals surface area contributed by atoms with Gasteiger partial charge in [-0.25, -0.2) is 13.2 Å². The largest absolute Gasteiger partial charge is 0.454 e. The third-order valence-electron chi connectivity index (χ3n) is 5.30. The number of hydrogen-bond acceptors (Lipinski definition) is 5. The van der Waals surface area contributed by atoms with Crippen LogP contribution in [0.4, 0.5) is 5.69 Å². The molecular weight excluding hydrogens is 476 g/mol. The van der Waals surface area contributed by atoms with Gasteiger partial charge in [-0.15, -0.1) is 0 Å². The minimum atomic E-state index is -3.97. The van der Waals surface area contributed by atoms with E-state index in [9.17, 15) is 18.0 Å². The first kappa shape index (κ1) is 23.5. The average Bonchev–Trinajstić information content (AvgIpc) is 3.28. The monoisotopic (exact) mass is 496 g/mol. The Kier molecular flexibility index (Phi) is 6.72. The van der Waals surface area contributed by atoms with Crippen molar-refractivity contribution in [2.24, 2.45) is 0 Å². The van der Waals surface area contributed by atoms with Gasteiger partial charge >= 0.3 is 5.97 Å². The fourth-order valence-corrected chi connectivity index (χ4v) is 5.32. The third kappa shape index (κ3) is 4.55. The summed E-state index contributed by atoms with van der Waals surface area (Å²) in [5.74, 6) is -1.29. The highest BCUT2D eigenvalue weighted by molar-refractivity contribution is 7.92. The van der Waals surface area contributed by atoms with E-state index in [0.717, 1.165) is 10.9 Å². The number of aromatic nitrogens is 1. The Morgan fingerprint density at radius 1 is 0.971 bits per heavy atom. The zero-order chi connectivity index (χ0) is 24.3. The fourth-order valence-electron chi connectivity index (χ4n) is 3.62. The number of halogens is 1. The second-order valence-corrected chi connectivity index (χ2v) is 9.66. The number of ether oxygens (including phenoxy) is 1. The van der Waals surface area contributed by atoms with Crippen molar-refractivity contribution in [2.45, 2.75) is 11.8 Å². The molecular formula is C25H21ClN2O5S. The minimum absolute atomic E-state index is 0.0197. The Hall–Kier alpha value is -3.62. The van der Waals surface area contributed by atoms with Crippen molar-refractivity contribution in [1.82, 2.24) is 4.98 Å². The first-order valence-electron chi connectivity index (χ1n) is 10.5. The first-order chi connectivity index (χ1) is 16.3. The van der Waals surface area contributed by atoms with Crippen molar-refractivity contribution >= 4 is 50.0 Å². The zero-order valence-corrected chi connectivity index (χ0v) is 19.8. The number of fused-ring (bicyclic) bond motifs is 1. The summed E-state index contributed by atoms with van der Waals surface area (Å²) in [5.41, 5.74) is 1.54. The Balaban J connectivity index is 1.55. The van der Waals surface area contributed by atoms with Gasteiger partial charge in [0.05, 0.1) is 21.2 Å². The van der Waals surface area contributed by atoms with Gasteiger partial charge in [-0.2, -0.15) is 0 Å². The highest BCUT2D eigenvalue weighted by Gasteiger charge is 2.26. The molecule has 0 unspecified atom stereocenters. The van der Waals surface area contributed by atoms with Crippen molar-refractivity contribution in [3.05, 3.63) is 95.1 Å². The predicted molar refractivity (Wildman–Crippen MR) is 131 cm³/mol. The van der Waals surface area contributed by atoms with E-state index in [2.05, 4.69) is 4.98 Å². The number of rotatable bonds is 8. The van der Waals surface area contributed by atoms with Crippen LogP contribution in [-0.2, 0) is 14.8 Å². The number of H-pyrrole nitrogens is 1. The molecule has 1 N–H and O–H groups in total. The van der Waals surface area contributed by atoms with Gasteiger partial charge in [0.2, 0.25) is 5.78 Å². The van der Waals surface area contributed by atoms with Crippen LogP contribution in [0, 0.1) is 0 Å². The topological polar surface area (TPSA) is 96.5 Å². The minimum Gasteiger partial charge on any atom is -0.454 e. The lowest BCUT2D eigenvalue weighted by Gasteiger charge is -2.23. The van der Waals surface area contributed by atoms with Crippen molar-refractivity contribution in [1.29, 1.82) is 0 Å². The van der Waals surface area contributed by atoms with E-state index >= 15 is 0 Å². The van der Waals surface area contributed by atoms with Crippen molar-refractivity contribution in [3.63, 3.8) is 0 Å². The van der Waals surface area contributed by atoms with Crippen molar-refractivity contribution < 1.29 is 22.7 Å². The maximum absolute atomic E-state index is 13.3. The third-order valence-corrected chi connectivity index (χ3v) is 7.53. The summed E-state index contributed by atoms with van der Waals surface area (Å²) >= 11 is 6.17. The molecule has 34 heavy (non-hydrogen) atoms. The molecule has 0 radical (unpaired) electrons. The van der Waals surface area contributed by atoms with E-state index in [4.69, 9.17) is 16.3 Å². The number of aromatic amines is 1. The number of benzene rings is 3. The maximum Gasteiger partial charge on any atom is 0.340 e. The van der Waals surface area contributed by atoms with Gasteiger partial charge in [-0.05, 0) is 43.3 Å². The van der Waals surface area contributed by atoms with Crippen LogP contribution in [-0.4, -0.2) is 38.3 Å². The Morgan fingerprint density at radius 2 is 1.68 bits per heavy atom.